The Morgan fingerprint density at radius 1 is 0.913 bits per heavy atom. The normalized spacial score (nSPS) is 16.3. The highest BCUT2D eigenvalue weighted by atomic mass is 32.2. The summed E-state index contributed by atoms with van der Waals surface area (Å²) in [5, 5.41) is 8.32. The van der Waals surface area contributed by atoms with Crippen LogP contribution in [0.4, 0.5) is 11.4 Å². The minimum atomic E-state index is -0.970. The monoisotopic (exact) mass is 650 g/mol. The van der Waals surface area contributed by atoms with E-state index in [4.69, 9.17) is 0 Å². The average Bonchev–Trinajstić information content (AvgIpc) is 3.07. The lowest BCUT2D eigenvalue weighted by Gasteiger charge is -2.37. The molecule has 0 radical (unpaired) electrons. The quantitative estimate of drug-likeness (QED) is 0.287. The molecule has 5 amide bonds. The van der Waals surface area contributed by atoms with Gasteiger partial charge in [-0.1, -0.05) is 43.7 Å². The Kier molecular flexibility index (Phi) is 13.0. The first kappa shape index (κ1) is 35.0. The van der Waals surface area contributed by atoms with Gasteiger partial charge in [-0.2, -0.15) is 11.8 Å². The smallest absolute Gasteiger partial charge is 0.252 e. The molecule has 0 aromatic heterocycles. The number of rotatable bonds is 14. The molecule has 2 heterocycles. The van der Waals surface area contributed by atoms with Crippen LogP contribution < -0.4 is 25.8 Å². The summed E-state index contributed by atoms with van der Waals surface area (Å²) in [4.78, 5) is 71.9. The van der Waals surface area contributed by atoms with Gasteiger partial charge in [-0.05, 0) is 74.5 Å². The molecule has 2 atom stereocenters. The van der Waals surface area contributed by atoms with Crippen molar-refractivity contribution in [1.82, 2.24) is 20.9 Å². The fourth-order valence-corrected chi connectivity index (χ4v) is 6.36. The van der Waals surface area contributed by atoms with Crippen molar-refractivity contribution in [2.24, 2.45) is 0 Å². The van der Waals surface area contributed by atoms with Crippen LogP contribution in [0.5, 0.6) is 0 Å². The summed E-state index contributed by atoms with van der Waals surface area (Å²) < 4.78 is 0. The summed E-state index contributed by atoms with van der Waals surface area (Å²) in [5.74, 6) is -0.942. The van der Waals surface area contributed by atoms with E-state index in [9.17, 15) is 24.0 Å². The zero-order valence-corrected chi connectivity index (χ0v) is 27.9. The van der Waals surface area contributed by atoms with E-state index < -0.39 is 23.9 Å². The molecule has 2 aliphatic heterocycles. The molecule has 0 bridgehead atoms. The first-order chi connectivity index (χ1) is 22.2. The number of hydrogen-bond donors (Lipinski definition) is 3. The molecule has 248 valence electrons. The van der Waals surface area contributed by atoms with Crippen molar-refractivity contribution in [3.8, 4) is 0 Å². The van der Waals surface area contributed by atoms with Gasteiger partial charge in [0.1, 0.15) is 18.6 Å². The van der Waals surface area contributed by atoms with Crippen LogP contribution in [0, 0.1) is 0 Å². The Hall–Kier alpha value is -3.90. The highest BCUT2D eigenvalue weighted by Crippen LogP contribution is 2.35. The van der Waals surface area contributed by atoms with Crippen molar-refractivity contribution >= 4 is 52.7 Å². The van der Waals surface area contributed by atoms with Gasteiger partial charge in [0.25, 0.3) is 5.91 Å². The molecule has 0 saturated carbocycles. The minimum Gasteiger partial charge on any atom is -0.357 e. The van der Waals surface area contributed by atoms with Crippen molar-refractivity contribution < 1.29 is 24.0 Å². The van der Waals surface area contributed by atoms with E-state index in [1.807, 2.05) is 43.5 Å². The summed E-state index contributed by atoms with van der Waals surface area (Å²) in [6.07, 6.45) is 6.54. The van der Waals surface area contributed by atoms with E-state index in [-0.39, 0.29) is 42.8 Å². The Balaban J connectivity index is 1.60. The summed E-state index contributed by atoms with van der Waals surface area (Å²) in [6, 6.07) is 12.6. The molecule has 1 saturated heterocycles. The standard InChI is InChI=1S/C34H46N6O5S/c1-4-16-39-28-14-13-25(21-29(28)40(23-31(39)42)30(41)22-38-17-9-6-10-18-38)32(43)37-27(20-24-11-7-5-8-12-24)34(45)36-26(15-19-46-3)33(44)35-2/h5,7-8,11-14,21,26-27H,4,6,9-10,15-20,22-23H2,1-3H3,(H,35,44)(H,36,45)(H,37,43)/t26-,27-/m0/s1. The van der Waals surface area contributed by atoms with Crippen molar-refractivity contribution in [2.45, 2.75) is 57.5 Å². The SMILES string of the molecule is CCCN1C(=O)CN(C(=O)CN2CCCCC2)c2cc(C(=O)N[C@@H](Cc3ccccc3)C(=O)N[C@@H](CCSC)C(=O)NC)ccc21. The molecule has 2 aromatic carbocycles. The summed E-state index contributed by atoms with van der Waals surface area (Å²) in [6.45, 7) is 4.27. The van der Waals surface area contributed by atoms with Gasteiger partial charge in [-0.3, -0.25) is 33.8 Å². The molecule has 2 aromatic rings. The number of benzene rings is 2. The largest absolute Gasteiger partial charge is 0.357 e. The molecular weight excluding hydrogens is 604 g/mol. The molecular formula is C34H46N6O5S. The van der Waals surface area contributed by atoms with Gasteiger partial charge in [-0.15, -0.1) is 0 Å². The summed E-state index contributed by atoms with van der Waals surface area (Å²) >= 11 is 1.57. The maximum atomic E-state index is 13.8. The van der Waals surface area contributed by atoms with E-state index in [2.05, 4.69) is 20.9 Å². The van der Waals surface area contributed by atoms with Crippen LogP contribution in [0.3, 0.4) is 0 Å². The molecule has 0 spiro atoms. The highest BCUT2D eigenvalue weighted by molar-refractivity contribution is 7.98. The minimum absolute atomic E-state index is 0.0965. The summed E-state index contributed by atoms with van der Waals surface area (Å²) in [5.41, 5.74) is 2.19. The molecule has 2 aliphatic rings. The lowest BCUT2D eigenvalue weighted by molar-refractivity contribution is -0.129. The first-order valence-electron chi connectivity index (χ1n) is 16.1. The number of amides is 5. The van der Waals surface area contributed by atoms with Crippen molar-refractivity contribution in [3.63, 3.8) is 0 Å². The lowest BCUT2D eigenvalue weighted by atomic mass is 10.0. The number of thioether (sulfide) groups is 1. The molecule has 3 N–H and O–H groups in total. The van der Waals surface area contributed by atoms with Crippen molar-refractivity contribution in [1.29, 1.82) is 0 Å². The lowest BCUT2D eigenvalue weighted by Crippen LogP contribution is -2.54. The number of likely N-dealkylation sites (tertiary alicyclic amines) is 1. The van der Waals surface area contributed by atoms with E-state index >= 15 is 0 Å². The third-order valence-corrected chi connectivity index (χ3v) is 9.01. The number of anilines is 2. The fraction of sp³-hybridized carbons (Fsp3) is 0.500. The van der Waals surface area contributed by atoms with Crippen LogP contribution in [0.1, 0.15) is 54.9 Å². The fourth-order valence-electron chi connectivity index (χ4n) is 5.89. The van der Waals surface area contributed by atoms with Gasteiger partial charge in [0.15, 0.2) is 0 Å². The van der Waals surface area contributed by atoms with Crippen LogP contribution in [-0.4, -0.2) is 98.3 Å². The van der Waals surface area contributed by atoms with Gasteiger partial charge in [0.2, 0.25) is 23.6 Å². The number of nitrogens with one attached hydrogen (secondary N) is 3. The molecule has 11 nitrogen and oxygen atoms in total. The Bertz CT molecular complexity index is 1380. The maximum Gasteiger partial charge on any atom is 0.252 e. The van der Waals surface area contributed by atoms with E-state index in [0.717, 1.165) is 44.3 Å². The van der Waals surface area contributed by atoms with Crippen LogP contribution in [0.2, 0.25) is 0 Å². The summed E-state index contributed by atoms with van der Waals surface area (Å²) in [7, 11) is 1.52. The van der Waals surface area contributed by atoms with Gasteiger partial charge >= 0.3 is 0 Å². The molecule has 12 heteroatoms. The van der Waals surface area contributed by atoms with E-state index in [1.54, 1.807) is 34.9 Å². The van der Waals surface area contributed by atoms with Crippen molar-refractivity contribution in [3.05, 3.63) is 59.7 Å². The zero-order valence-electron chi connectivity index (χ0n) is 27.0. The van der Waals surface area contributed by atoms with E-state index in [0.29, 0.717) is 30.1 Å². The number of piperidine rings is 1. The Morgan fingerprint density at radius 2 is 1.65 bits per heavy atom. The Labute approximate surface area is 275 Å². The zero-order chi connectivity index (χ0) is 33.1. The number of fused-ring (bicyclic) bond motifs is 1. The van der Waals surface area contributed by atoms with Crippen LogP contribution >= 0.6 is 11.8 Å². The highest BCUT2D eigenvalue weighted by Gasteiger charge is 2.34. The molecule has 0 unspecified atom stereocenters. The number of likely N-dealkylation sites (N-methyl/N-ethyl adjacent to an activating group) is 1. The predicted octanol–water partition coefficient (Wildman–Crippen LogP) is 2.59. The molecule has 1 fully saturated rings. The number of hydrogen-bond acceptors (Lipinski definition) is 7. The third kappa shape index (κ3) is 9.10. The maximum absolute atomic E-state index is 13.8. The topological polar surface area (TPSA) is 131 Å². The Morgan fingerprint density at radius 3 is 2.33 bits per heavy atom. The van der Waals surface area contributed by atoms with Gasteiger partial charge < -0.3 is 20.9 Å². The van der Waals surface area contributed by atoms with Gasteiger partial charge in [-0.25, -0.2) is 0 Å². The molecule has 4 rings (SSSR count). The second-order valence-electron chi connectivity index (χ2n) is 11.7. The second kappa shape index (κ2) is 17.1. The average molecular weight is 651 g/mol. The number of carbonyl (C=O) groups excluding carboxylic acids is 5. The number of nitrogens with zero attached hydrogens (tertiary/aromatic N) is 3. The predicted molar refractivity (Wildman–Crippen MR) is 182 cm³/mol. The van der Waals surface area contributed by atoms with Crippen LogP contribution in [0.25, 0.3) is 0 Å². The third-order valence-electron chi connectivity index (χ3n) is 8.36. The first-order valence-corrected chi connectivity index (χ1v) is 17.5. The van der Waals surface area contributed by atoms with Crippen LogP contribution in [0.15, 0.2) is 48.5 Å². The number of carbonyl (C=O) groups is 5. The molecule has 0 aliphatic carbocycles. The van der Waals surface area contributed by atoms with E-state index in [1.165, 1.54) is 11.9 Å². The van der Waals surface area contributed by atoms with Gasteiger partial charge in [0, 0.05) is 25.6 Å². The van der Waals surface area contributed by atoms with Gasteiger partial charge in [0.05, 0.1) is 17.9 Å². The second-order valence-corrected chi connectivity index (χ2v) is 12.7. The van der Waals surface area contributed by atoms with Crippen LogP contribution in [-0.2, 0) is 25.6 Å². The molecule has 46 heavy (non-hydrogen) atoms. The van der Waals surface area contributed by atoms with Crippen molar-refractivity contribution in [2.75, 3.05) is 61.6 Å².